The topological polar surface area (TPSA) is 123 Å². The molecule has 0 aliphatic carbocycles. The van der Waals surface area contributed by atoms with Crippen molar-refractivity contribution in [3.63, 3.8) is 0 Å². The summed E-state index contributed by atoms with van der Waals surface area (Å²) in [6.07, 6.45) is 3.15. The molecule has 0 saturated heterocycles. The predicted molar refractivity (Wildman–Crippen MR) is 104 cm³/mol. The molecule has 2 aromatic rings. The summed E-state index contributed by atoms with van der Waals surface area (Å²) in [6.45, 7) is 0.737. The number of hydrogen-bond donors (Lipinski definition) is 4. The highest BCUT2D eigenvalue weighted by Crippen LogP contribution is 2.04. The third-order valence-corrected chi connectivity index (χ3v) is 4.13. The second-order valence-electron chi connectivity index (χ2n) is 6.33. The molecule has 1 heterocycles. The number of nitrogens with zero attached hydrogens (tertiary/aromatic N) is 1. The molecule has 1 aromatic carbocycles. The molecule has 1 aromatic heterocycles. The van der Waals surface area contributed by atoms with Crippen LogP contribution in [0.25, 0.3) is 0 Å². The number of aromatic nitrogens is 1. The van der Waals surface area contributed by atoms with Crippen LogP contribution in [0.5, 0.6) is 0 Å². The van der Waals surface area contributed by atoms with Crippen molar-refractivity contribution in [2.75, 3.05) is 6.54 Å². The molecule has 144 valence electrons. The standard InChI is InChI=1S/C20H27N5O2/c21-11-6-10-18(20(27)24-14-16-9-4-5-12-23-16)25-19(26)17(22)13-15-7-2-1-3-8-15/h1-5,7-9,12,17-18H,6,10-11,13-14,21-22H2,(H,24,27)(H,25,26)/t17?,18-/m0/s1. The molecule has 1 unspecified atom stereocenters. The number of hydrogen-bond acceptors (Lipinski definition) is 5. The van der Waals surface area contributed by atoms with E-state index in [4.69, 9.17) is 11.5 Å². The number of nitrogens with one attached hydrogen (secondary N) is 2. The minimum atomic E-state index is -0.726. The van der Waals surface area contributed by atoms with Crippen molar-refractivity contribution in [2.24, 2.45) is 11.5 Å². The van der Waals surface area contributed by atoms with Crippen molar-refractivity contribution in [3.8, 4) is 0 Å². The molecule has 2 atom stereocenters. The van der Waals surface area contributed by atoms with Gasteiger partial charge in [-0.15, -0.1) is 0 Å². The van der Waals surface area contributed by atoms with E-state index < -0.39 is 12.1 Å². The molecule has 0 bridgehead atoms. The molecular weight excluding hydrogens is 342 g/mol. The Morgan fingerprint density at radius 3 is 2.44 bits per heavy atom. The van der Waals surface area contributed by atoms with Gasteiger partial charge in [-0.2, -0.15) is 0 Å². The molecule has 0 saturated carbocycles. The van der Waals surface area contributed by atoms with Crippen LogP contribution in [0.1, 0.15) is 24.1 Å². The Labute approximate surface area is 159 Å². The highest BCUT2D eigenvalue weighted by atomic mass is 16.2. The van der Waals surface area contributed by atoms with E-state index >= 15 is 0 Å². The molecule has 7 nitrogen and oxygen atoms in total. The Morgan fingerprint density at radius 2 is 1.78 bits per heavy atom. The van der Waals surface area contributed by atoms with Gasteiger partial charge in [0.05, 0.1) is 18.3 Å². The summed E-state index contributed by atoms with van der Waals surface area (Å²) in [5.74, 6) is -0.622. The van der Waals surface area contributed by atoms with E-state index in [0.29, 0.717) is 32.4 Å². The van der Waals surface area contributed by atoms with E-state index in [1.54, 1.807) is 6.20 Å². The van der Waals surface area contributed by atoms with E-state index in [9.17, 15) is 9.59 Å². The van der Waals surface area contributed by atoms with Crippen LogP contribution < -0.4 is 22.1 Å². The number of pyridine rings is 1. The van der Waals surface area contributed by atoms with Gasteiger partial charge in [0.15, 0.2) is 0 Å². The van der Waals surface area contributed by atoms with Gasteiger partial charge < -0.3 is 22.1 Å². The van der Waals surface area contributed by atoms with Gasteiger partial charge in [0.25, 0.3) is 0 Å². The summed E-state index contributed by atoms with van der Waals surface area (Å²) >= 11 is 0. The van der Waals surface area contributed by atoms with Crippen LogP contribution in [-0.4, -0.2) is 35.4 Å². The predicted octanol–water partition coefficient (Wildman–Crippen LogP) is 0.492. The summed E-state index contributed by atoms with van der Waals surface area (Å²) < 4.78 is 0. The van der Waals surface area contributed by atoms with Crippen LogP contribution in [0.4, 0.5) is 0 Å². The molecule has 27 heavy (non-hydrogen) atoms. The molecule has 0 spiro atoms. The number of carbonyl (C=O) groups is 2. The van der Waals surface area contributed by atoms with Crippen molar-refractivity contribution >= 4 is 11.8 Å². The summed E-state index contributed by atoms with van der Waals surface area (Å²) in [6, 6.07) is 13.6. The maximum Gasteiger partial charge on any atom is 0.242 e. The first-order chi connectivity index (χ1) is 13.1. The van der Waals surface area contributed by atoms with E-state index in [1.165, 1.54) is 0 Å². The van der Waals surface area contributed by atoms with Gasteiger partial charge in [0, 0.05) is 6.20 Å². The molecule has 0 aliphatic rings. The fourth-order valence-electron chi connectivity index (χ4n) is 2.63. The quantitative estimate of drug-likeness (QED) is 0.485. The maximum atomic E-state index is 12.5. The average Bonchev–Trinajstić information content (AvgIpc) is 2.70. The van der Waals surface area contributed by atoms with Crippen molar-refractivity contribution in [1.82, 2.24) is 15.6 Å². The van der Waals surface area contributed by atoms with Crippen LogP contribution in [0.2, 0.25) is 0 Å². The lowest BCUT2D eigenvalue weighted by atomic mass is 10.0. The van der Waals surface area contributed by atoms with Gasteiger partial charge >= 0.3 is 0 Å². The van der Waals surface area contributed by atoms with Crippen LogP contribution in [-0.2, 0) is 22.6 Å². The van der Waals surface area contributed by atoms with Crippen LogP contribution in [0.3, 0.4) is 0 Å². The minimum Gasteiger partial charge on any atom is -0.349 e. The Bertz CT molecular complexity index is 709. The SMILES string of the molecule is NCCC[C@H](NC(=O)C(N)Cc1ccccc1)C(=O)NCc1ccccn1. The first kappa shape index (κ1) is 20.5. The van der Waals surface area contributed by atoms with Gasteiger partial charge in [0.2, 0.25) is 11.8 Å². The molecule has 2 rings (SSSR count). The molecule has 2 amide bonds. The molecule has 0 fully saturated rings. The Balaban J connectivity index is 1.91. The van der Waals surface area contributed by atoms with Gasteiger partial charge in [0.1, 0.15) is 6.04 Å². The highest BCUT2D eigenvalue weighted by Gasteiger charge is 2.23. The van der Waals surface area contributed by atoms with Crippen molar-refractivity contribution in [3.05, 3.63) is 66.0 Å². The van der Waals surface area contributed by atoms with E-state index in [2.05, 4.69) is 15.6 Å². The highest BCUT2D eigenvalue weighted by molar-refractivity contribution is 5.89. The maximum absolute atomic E-state index is 12.5. The summed E-state index contributed by atoms with van der Waals surface area (Å²) in [5.41, 5.74) is 13.3. The zero-order chi connectivity index (χ0) is 19.5. The van der Waals surface area contributed by atoms with Crippen LogP contribution in [0.15, 0.2) is 54.7 Å². The number of rotatable bonds is 10. The summed E-state index contributed by atoms with van der Waals surface area (Å²) in [4.78, 5) is 29.1. The fourth-order valence-corrected chi connectivity index (χ4v) is 2.63. The van der Waals surface area contributed by atoms with E-state index in [1.807, 2.05) is 48.5 Å². The largest absolute Gasteiger partial charge is 0.349 e. The number of amides is 2. The zero-order valence-corrected chi connectivity index (χ0v) is 15.3. The van der Waals surface area contributed by atoms with Crippen LogP contribution in [0, 0.1) is 0 Å². The van der Waals surface area contributed by atoms with Gasteiger partial charge in [-0.3, -0.25) is 14.6 Å². The summed E-state index contributed by atoms with van der Waals surface area (Å²) in [7, 11) is 0. The third-order valence-electron chi connectivity index (χ3n) is 4.13. The summed E-state index contributed by atoms with van der Waals surface area (Å²) in [5, 5.41) is 5.56. The third kappa shape index (κ3) is 7.16. The molecule has 7 heteroatoms. The second-order valence-corrected chi connectivity index (χ2v) is 6.33. The Kier molecular flexibility index (Phi) is 8.41. The first-order valence-electron chi connectivity index (χ1n) is 9.07. The second kappa shape index (κ2) is 11.1. The first-order valence-corrected chi connectivity index (χ1v) is 9.07. The van der Waals surface area contributed by atoms with E-state index in [0.717, 1.165) is 11.3 Å². The van der Waals surface area contributed by atoms with Gasteiger partial charge in [-0.25, -0.2) is 0 Å². The van der Waals surface area contributed by atoms with Crippen molar-refractivity contribution in [1.29, 1.82) is 0 Å². The molecule has 0 aliphatic heterocycles. The molecular formula is C20H27N5O2. The lowest BCUT2D eigenvalue weighted by Crippen LogP contribution is -2.52. The molecule has 0 radical (unpaired) electrons. The Hall–Kier alpha value is -2.77. The van der Waals surface area contributed by atoms with Gasteiger partial charge in [-0.05, 0) is 43.5 Å². The lowest BCUT2D eigenvalue weighted by Gasteiger charge is -2.20. The van der Waals surface area contributed by atoms with Crippen LogP contribution >= 0.6 is 0 Å². The van der Waals surface area contributed by atoms with Crippen molar-refractivity contribution < 1.29 is 9.59 Å². The minimum absolute atomic E-state index is 0.269. The fraction of sp³-hybridized carbons (Fsp3) is 0.350. The van der Waals surface area contributed by atoms with Gasteiger partial charge in [-0.1, -0.05) is 36.4 Å². The number of carbonyl (C=O) groups excluding carboxylic acids is 2. The smallest absolute Gasteiger partial charge is 0.242 e. The average molecular weight is 369 g/mol. The molecule has 6 N–H and O–H groups in total. The lowest BCUT2D eigenvalue weighted by molar-refractivity contribution is -0.129. The number of benzene rings is 1. The normalized spacial score (nSPS) is 12.8. The zero-order valence-electron chi connectivity index (χ0n) is 15.3. The van der Waals surface area contributed by atoms with E-state index in [-0.39, 0.29) is 11.8 Å². The Morgan fingerprint density at radius 1 is 1.04 bits per heavy atom. The number of nitrogens with two attached hydrogens (primary N) is 2. The van der Waals surface area contributed by atoms with Crippen molar-refractivity contribution in [2.45, 2.75) is 37.9 Å². The monoisotopic (exact) mass is 369 g/mol.